The standard InChI is InChI=1S/C27H37N3O/c1-21(2)23-14-13-22(3)19-26(23)31-18-10-17-30-25-12-7-6-11-24(25)28-27(30)20-29-15-8-4-5-9-16-29/h6-7,11-14,19,21H,4-5,8-10,15-18,20H2,1-3H3. The van der Waals surface area contributed by atoms with Gasteiger partial charge in [0.05, 0.1) is 24.2 Å². The molecule has 1 aliphatic rings. The first kappa shape index (κ1) is 21.9. The van der Waals surface area contributed by atoms with Crippen LogP contribution in [-0.4, -0.2) is 34.1 Å². The number of likely N-dealkylation sites (tertiary alicyclic amines) is 1. The first-order chi connectivity index (χ1) is 15.1. The van der Waals surface area contributed by atoms with Gasteiger partial charge < -0.3 is 9.30 Å². The monoisotopic (exact) mass is 419 g/mol. The van der Waals surface area contributed by atoms with Gasteiger partial charge in [-0.05, 0) is 74.5 Å². The number of imidazole rings is 1. The molecule has 0 bridgehead atoms. The average Bonchev–Trinajstić information content (AvgIpc) is 2.90. The second-order valence-electron chi connectivity index (χ2n) is 9.26. The number of rotatable bonds is 8. The van der Waals surface area contributed by atoms with E-state index < -0.39 is 0 Å². The van der Waals surface area contributed by atoms with Crippen molar-refractivity contribution in [3.63, 3.8) is 0 Å². The van der Waals surface area contributed by atoms with Gasteiger partial charge in [0, 0.05) is 6.54 Å². The molecule has 1 fully saturated rings. The van der Waals surface area contributed by atoms with E-state index in [1.807, 2.05) is 0 Å². The van der Waals surface area contributed by atoms with Gasteiger partial charge in [-0.1, -0.05) is 51.0 Å². The van der Waals surface area contributed by atoms with Gasteiger partial charge in [-0.3, -0.25) is 4.90 Å². The number of aromatic nitrogens is 2. The van der Waals surface area contributed by atoms with Crippen LogP contribution in [0.3, 0.4) is 0 Å². The fourth-order valence-electron chi connectivity index (χ4n) is 4.64. The molecule has 3 aromatic rings. The van der Waals surface area contributed by atoms with Crippen LogP contribution in [0.5, 0.6) is 5.75 Å². The molecule has 0 N–H and O–H groups in total. The topological polar surface area (TPSA) is 30.3 Å². The minimum Gasteiger partial charge on any atom is -0.493 e. The van der Waals surface area contributed by atoms with Crippen LogP contribution in [0.2, 0.25) is 0 Å². The number of fused-ring (bicyclic) bond motifs is 1. The molecule has 2 heterocycles. The van der Waals surface area contributed by atoms with Crippen LogP contribution in [0.15, 0.2) is 42.5 Å². The lowest BCUT2D eigenvalue weighted by atomic mass is 10.0. The number of benzene rings is 2. The number of hydrogen-bond donors (Lipinski definition) is 0. The Kier molecular flexibility index (Phi) is 7.29. The van der Waals surface area contributed by atoms with Crippen LogP contribution in [0, 0.1) is 6.92 Å². The number of hydrogen-bond acceptors (Lipinski definition) is 3. The summed E-state index contributed by atoms with van der Waals surface area (Å²) in [5, 5.41) is 0. The van der Waals surface area contributed by atoms with Gasteiger partial charge in [0.25, 0.3) is 0 Å². The fraction of sp³-hybridized carbons (Fsp3) is 0.519. The quantitative estimate of drug-likeness (QED) is 0.401. The molecule has 1 aliphatic heterocycles. The summed E-state index contributed by atoms with van der Waals surface area (Å²) in [5.41, 5.74) is 4.89. The third-order valence-corrected chi connectivity index (χ3v) is 6.37. The summed E-state index contributed by atoms with van der Waals surface area (Å²) in [6.07, 6.45) is 6.31. The predicted molar refractivity (Wildman–Crippen MR) is 129 cm³/mol. The van der Waals surface area contributed by atoms with E-state index in [1.165, 1.54) is 61.2 Å². The average molecular weight is 420 g/mol. The summed E-state index contributed by atoms with van der Waals surface area (Å²) in [4.78, 5) is 7.59. The molecule has 31 heavy (non-hydrogen) atoms. The third-order valence-electron chi connectivity index (χ3n) is 6.37. The molecule has 0 atom stereocenters. The fourth-order valence-corrected chi connectivity index (χ4v) is 4.64. The molecule has 0 spiro atoms. The molecule has 4 rings (SSSR count). The maximum Gasteiger partial charge on any atom is 0.124 e. The Balaban J connectivity index is 1.45. The van der Waals surface area contributed by atoms with E-state index in [0.717, 1.165) is 37.4 Å². The molecule has 0 aliphatic carbocycles. The molecule has 0 saturated carbocycles. The van der Waals surface area contributed by atoms with Crippen molar-refractivity contribution in [2.75, 3.05) is 19.7 Å². The molecule has 2 aromatic carbocycles. The Morgan fingerprint density at radius 1 is 1.00 bits per heavy atom. The Morgan fingerprint density at radius 2 is 1.77 bits per heavy atom. The highest BCUT2D eigenvalue weighted by molar-refractivity contribution is 5.75. The normalized spacial score (nSPS) is 15.5. The lowest BCUT2D eigenvalue weighted by Crippen LogP contribution is -2.26. The van der Waals surface area contributed by atoms with Gasteiger partial charge in [0.15, 0.2) is 0 Å². The maximum atomic E-state index is 6.25. The van der Waals surface area contributed by atoms with E-state index in [4.69, 9.17) is 9.72 Å². The summed E-state index contributed by atoms with van der Waals surface area (Å²) in [6, 6.07) is 15.1. The number of ether oxygens (including phenoxy) is 1. The van der Waals surface area contributed by atoms with Gasteiger partial charge in [-0.25, -0.2) is 4.98 Å². The number of para-hydroxylation sites is 2. The molecule has 1 aromatic heterocycles. The van der Waals surface area contributed by atoms with Gasteiger partial charge >= 0.3 is 0 Å². The lowest BCUT2D eigenvalue weighted by molar-refractivity contribution is 0.262. The molecule has 4 heteroatoms. The van der Waals surface area contributed by atoms with E-state index in [1.54, 1.807) is 0 Å². The Labute approximate surface area is 187 Å². The summed E-state index contributed by atoms with van der Waals surface area (Å²) < 4.78 is 8.67. The van der Waals surface area contributed by atoms with Gasteiger partial charge in [-0.2, -0.15) is 0 Å². The Bertz CT molecular complexity index is 983. The van der Waals surface area contributed by atoms with Crippen molar-refractivity contribution < 1.29 is 4.74 Å². The van der Waals surface area contributed by atoms with Crippen molar-refractivity contribution in [1.82, 2.24) is 14.5 Å². The van der Waals surface area contributed by atoms with Crippen LogP contribution < -0.4 is 4.74 Å². The van der Waals surface area contributed by atoms with Crippen molar-refractivity contribution in [2.45, 2.75) is 71.9 Å². The molecule has 0 unspecified atom stereocenters. The second kappa shape index (κ2) is 10.3. The zero-order chi connectivity index (χ0) is 21.6. The Morgan fingerprint density at radius 3 is 2.55 bits per heavy atom. The zero-order valence-electron chi connectivity index (χ0n) is 19.4. The van der Waals surface area contributed by atoms with Crippen LogP contribution in [0.25, 0.3) is 11.0 Å². The molecule has 0 amide bonds. The second-order valence-corrected chi connectivity index (χ2v) is 9.26. The minimum atomic E-state index is 0.466. The highest BCUT2D eigenvalue weighted by Crippen LogP contribution is 2.28. The van der Waals surface area contributed by atoms with Gasteiger partial charge in [0.2, 0.25) is 0 Å². The first-order valence-corrected chi connectivity index (χ1v) is 12.0. The molecule has 166 valence electrons. The van der Waals surface area contributed by atoms with Gasteiger partial charge in [0.1, 0.15) is 11.6 Å². The van der Waals surface area contributed by atoms with E-state index in [-0.39, 0.29) is 0 Å². The minimum absolute atomic E-state index is 0.466. The van der Waals surface area contributed by atoms with Crippen LogP contribution in [-0.2, 0) is 13.1 Å². The van der Waals surface area contributed by atoms with Crippen LogP contribution in [0.1, 0.15) is 68.8 Å². The molecular formula is C27H37N3O. The van der Waals surface area contributed by atoms with E-state index in [2.05, 4.69) is 72.7 Å². The first-order valence-electron chi connectivity index (χ1n) is 12.0. The molecule has 0 radical (unpaired) electrons. The smallest absolute Gasteiger partial charge is 0.124 e. The maximum absolute atomic E-state index is 6.25. The SMILES string of the molecule is Cc1ccc(C(C)C)c(OCCCn2c(CN3CCCCCC3)nc3ccccc32)c1. The van der Waals surface area contributed by atoms with Crippen molar-refractivity contribution in [1.29, 1.82) is 0 Å². The largest absolute Gasteiger partial charge is 0.493 e. The molecular weight excluding hydrogens is 382 g/mol. The predicted octanol–water partition coefficient (Wildman–Crippen LogP) is 6.31. The van der Waals surface area contributed by atoms with E-state index in [9.17, 15) is 0 Å². The lowest BCUT2D eigenvalue weighted by Gasteiger charge is -2.20. The molecule has 1 saturated heterocycles. The van der Waals surface area contributed by atoms with Crippen molar-refractivity contribution in [3.05, 3.63) is 59.4 Å². The zero-order valence-corrected chi connectivity index (χ0v) is 19.4. The van der Waals surface area contributed by atoms with E-state index in [0.29, 0.717) is 5.92 Å². The third kappa shape index (κ3) is 5.48. The highest BCUT2D eigenvalue weighted by Gasteiger charge is 2.16. The Hall–Kier alpha value is -2.33. The summed E-state index contributed by atoms with van der Waals surface area (Å²) in [7, 11) is 0. The summed E-state index contributed by atoms with van der Waals surface area (Å²) >= 11 is 0. The van der Waals surface area contributed by atoms with Crippen LogP contribution in [0.4, 0.5) is 0 Å². The van der Waals surface area contributed by atoms with Crippen molar-refractivity contribution in [3.8, 4) is 5.75 Å². The number of nitrogens with zero attached hydrogens (tertiary/aromatic N) is 3. The van der Waals surface area contributed by atoms with E-state index >= 15 is 0 Å². The summed E-state index contributed by atoms with van der Waals surface area (Å²) in [5.74, 6) is 2.70. The molecule has 4 nitrogen and oxygen atoms in total. The number of aryl methyl sites for hydroxylation is 2. The highest BCUT2D eigenvalue weighted by atomic mass is 16.5. The van der Waals surface area contributed by atoms with Crippen molar-refractivity contribution in [2.24, 2.45) is 0 Å². The summed E-state index contributed by atoms with van der Waals surface area (Å²) in [6.45, 7) is 11.6. The van der Waals surface area contributed by atoms with Crippen molar-refractivity contribution >= 4 is 11.0 Å². The van der Waals surface area contributed by atoms with Gasteiger partial charge in [-0.15, -0.1) is 0 Å². The van der Waals surface area contributed by atoms with Crippen LogP contribution >= 0.6 is 0 Å².